The number of benzene rings is 1. The van der Waals surface area contributed by atoms with Gasteiger partial charge in [0.2, 0.25) is 0 Å². The van der Waals surface area contributed by atoms with Gasteiger partial charge in [0, 0.05) is 11.8 Å². The lowest BCUT2D eigenvalue weighted by Crippen LogP contribution is -2.34. The molecule has 0 fully saturated rings. The van der Waals surface area contributed by atoms with Crippen molar-refractivity contribution in [2.75, 3.05) is 5.32 Å². The Morgan fingerprint density at radius 3 is 2.90 bits per heavy atom. The minimum atomic E-state index is -0.488. The predicted molar refractivity (Wildman–Crippen MR) is 77.9 cm³/mol. The van der Waals surface area contributed by atoms with Crippen molar-refractivity contribution in [3.8, 4) is 16.9 Å². The van der Waals surface area contributed by atoms with Gasteiger partial charge in [0.25, 0.3) is 5.91 Å². The first-order valence-electron chi connectivity index (χ1n) is 6.60. The molecule has 3 rings (SSSR count). The van der Waals surface area contributed by atoms with Crippen LogP contribution in [0, 0.1) is 13.8 Å². The van der Waals surface area contributed by atoms with Gasteiger partial charge in [-0.3, -0.25) is 4.79 Å². The lowest BCUT2D eigenvalue weighted by molar-refractivity contribution is -0.122. The van der Waals surface area contributed by atoms with Crippen molar-refractivity contribution in [1.29, 1.82) is 0 Å². The molecule has 1 aromatic heterocycles. The van der Waals surface area contributed by atoms with Crippen LogP contribution in [0.4, 0.5) is 5.82 Å². The van der Waals surface area contributed by atoms with E-state index in [1.54, 1.807) is 13.1 Å². The second-order valence-corrected chi connectivity index (χ2v) is 5.07. The summed E-state index contributed by atoms with van der Waals surface area (Å²) in [5.74, 6) is 0.946. The molecule has 4 heteroatoms. The molecule has 4 nitrogen and oxygen atoms in total. The summed E-state index contributed by atoms with van der Waals surface area (Å²) in [6, 6.07) is 8.11. The van der Waals surface area contributed by atoms with Crippen molar-refractivity contribution in [2.24, 2.45) is 0 Å². The molecular formula is C16H16N2O2. The maximum absolute atomic E-state index is 11.5. The Bertz CT molecular complexity index is 695. The van der Waals surface area contributed by atoms with Gasteiger partial charge in [-0.25, -0.2) is 4.98 Å². The van der Waals surface area contributed by atoms with Crippen LogP contribution < -0.4 is 10.1 Å². The molecule has 2 heterocycles. The maximum Gasteiger partial charge on any atom is 0.266 e. The SMILES string of the molecule is Cc1cccc(-c2cnc3c(c2)OC(C)C(=O)N3)c1C. The molecule has 1 aromatic carbocycles. The molecule has 1 N–H and O–H groups in total. The summed E-state index contributed by atoms with van der Waals surface area (Å²) >= 11 is 0. The maximum atomic E-state index is 11.5. The van der Waals surface area contributed by atoms with Gasteiger partial charge in [0.1, 0.15) is 0 Å². The van der Waals surface area contributed by atoms with E-state index in [1.165, 1.54) is 11.1 Å². The summed E-state index contributed by atoms with van der Waals surface area (Å²) in [7, 11) is 0. The van der Waals surface area contributed by atoms with Gasteiger partial charge < -0.3 is 10.1 Å². The van der Waals surface area contributed by atoms with Crippen LogP contribution in [0.1, 0.15) is 18.1 Å². The van der Waals surface area contributed by atoms with E-state index in [0.717, 1.165) is 11.1 Å². The van der Waals surface area contributed by atoms with E-state index in [-0.39, 0.29) is 5.91 Å². The molecule has 20 heavy (non-hydrogen) atoms. The molecule has 1 aliphatic heterocycles. The van der Waals surface area contributed by atoms with Crippen LogP contribution in [-0.4, -0.2) is 17.0 Å². The Hall–Kier alpha value is -2.36. The van der Waals surface area contributed by atoms with Gasteiger partial charge in [-0.15, -0.1) is 0 Å². The van der Waals surface area contributed by atoms with Crippen molar-refractivity contribution < 1.29 is 9.53 Å². The number of aromatic nitrogens is 1. The van der Waals surface area contributed by atoms with E-state index in [9.17, 15) is 4.79 Å². The van der Waals surface area contributed by atoms with Crippen molar-refractivity contribution >= 4 is 11.7 Å². The van der Waals surface area contributed by atoms with Crippen LogP contribution in [0.25, 0.3) is 11.1 Å². The predicted octanol–water partition coefficient (Wildman–Crippen LogP) is 3.08. The number of hydrogen-bond donors (Lipinski definition) is 1. The van der Waals surface area contributed by atoms with E-state index >= 15 is 0 Å². The Morgan fingerprint density at radius 1 is 1.30 bits per heavy atom. The number of pyridine rings is 1. The number of hydrogen-bond acceptors (Lipinski definition) is 3. The van der Waals surface area contributed by atoms with Crippen molar-refractivity contribution in [2.45, 2.75) is 26.9 Å². The highest BCUT2D eigenvalue weighted by Crippen LogP contribution is 2.33. The van der Waals surface area contributed by atoms with Crippen LogP contribution in [0.2, 0.25) is 0 Å². The van der Waals surface area contributed by atoms with E-state index in [4.69, 9.17) is 4.74 Å². The number of carbonyl (C=O) groups is 1. The van der Waals surface area contributed by atoms with Gasteiger partial charge >= 0.3 is 0 Å². The van der Waals surface area contributed by atoms with Gasteiger partial charge in [0.05, 0.1) is 0 Å². The molecule has 2 aromatic rings. The fourth-order valence-electron chi connectivity index (χ4n) is 2.30. The van der Waals surface area contributed by atoms with Crippen molar-refractivity contribution in [3.63, 3.8) is 0 Å². The van der Waals surface area contributed by atoms with Crippen LogP contribution in [-0.2, 0) is 4.79 Å². The van der Waals surface area contributed by atoms with Gasteiger partial charge in [-0.1, -0.05) is 18.2 Å². The minimum absolute atomic E-state index is 0.163. The molecule has 0 bridgehead atoms. The number of carbonyl (C=O) groups excluding carboxylic acids is 1. The number of aryl methyl sites for hydroxylation is 1. The summed E-state index contributed by atoms with van der Waals surface area (Å²) < 4.78 is 5.60. The third kappa shape index (κ3) is 2.03. The Morgan fingerprint density at radius 2 is 2.10 bits per heavy atom. The van der Waals surface area contributed by atoms with E-state index in [1.807, 2.05) is 12.1 Å². The largest absolute Gasteiger partial charge is 0.477 e. The average Bonchev–Trinajstić information content (AvgIpc) is 2.43. The summed E-state index contributed by atoms with van der Waals surface area (Å²) in [6.45, 7) is 5.90. The number of amides is 1. The Kier molecular flexibility index (Phi) is 2.93. The smallest absolute Gasteiger partial charge is 0.266 e. The molecule has 0 saturated heterocycles. The fraction of sp³-hybridized carbons (Fsp3) is 0.250. The number of nitrogens with zero attached hydrogens (tertiary/aromatic N) is 1. The van der Waals surface area contributed by atoms with Crippen molar-refractivity contribution in [1.82, 2.24) is 4.98 Å². The number of nitrogens with one attached hydrogen (secondary N) is 1. The van der Waals surface area contributed by atoms with Crippen LogP contribution >= 0.6 is 0 Å². The summed E-state index contributed by atoms with van der Waals surface area (Å²) in [4.78, 5) is 15.8. The normalized spacial score (nSPS) is 17.1. The Balaban J connectivity index is 2.07. The molecule has 1 amide bonds. The van der Waals surface area contributed by atoms with Gasteiger partial charge in [-0.05, 0) is 43.5 Å². The zero-order valence-electron chi connectivity index (χ0n) is 11.7. The van der Waals surface area contributed by atoms with Gasteiger partial charge in [0.15, 0.2) is 17.7 Å². The van der Waals surface area contributed by atoms with E-state index < -0.39 is 6.10 Å². The second kappa shape index (κ2) is 4.63. The number of ether oxygens (including phenoxy) is 1. The fourth-order valence-corrected chi connectivity index (χ4v) is 2.30. The second-order valence-electron chi connectivity index (χ2n) is 5.07. The van der Waals surface area contributed by atoms with Crippen LogP contribution in [0.5, 0.6) is 5.75 Å². The lowest BCUT2D eigenvalue weighted by Gasteiger charge is -2.23. The molecule has 0 radical (unpaired) electrons. The highest BCUT2D eigenvalue weighted by molar-refractivity contribution is 5.96. The zero-order valence-corrected chi connectivity index (χ0v) is 11.7. The van der Waals surface area contributed by atoms with Gasteiger partial charge in [-0.2, -0.15) is 0 Å². The van der Waals surface area contributed by atoms with Crippen LogP contribution in [0.3, 0.4) is 0 Å². The number of fused-ring (bicyclic) bond motifs is 1. The molecule has 1 unspecified atom stereocenters. The highest BCUT2D eigenvalue weighted by Gasteiger charge is 2.24. The summed E-state index contributed by atoms with van der Waals surface area (Å²) in [6.07, 6.45) is 1.28. The number of rotatable bonds is 1. The first-order valence-corrected chi connectivity index (χ1v) is 6.60. The molecule has 0 spiro atoms. The first-order chi connectivity index (χ1) is 9.56. The molecule has 0 saturated carbocycles. The highest BCUT2D eigenvalue weighted by atomic mass is 16.5. The molecule has 102 valence electrons. The quantitative estimate of drug-likeness (QED) is 0.864. The molecule has 1 atom stereocenters. The van der Waals surface area contributed by atoms with E-state index in [2.05, 4.69) is 36.3 Å². The lowest BCUT2D eigenvalue weighted by atomic mass is 9.98. The number of anilines is 1. The third-order valence-electron chi connectivity index (χ3n) is 3.68. The summed E-state index contributed by atoms with van der Waals surface area (Å²) in [5.41, 5.74) is 4.59. The minimum Gasteiger partial charge on any atom is -0.477 e. The first kappa shape index (κ1) is 12.7. The van der Waals surface area contributed by atoms with E-state index in [0.29, 0.717) is 11.6 Å². The average molecular weight is 268 g/mol. The molecule has 0 aliphatic carbocycles. The Labute approximate surface area is 117 Å². The van der Waals surface area contributed by atoms with Crippen molar-refractivity contribution in [3.05, 3.63) is 41.6 Å². The standard InChI is InChI=1S/C16H16N2O2/c1-9-5-4-6-13(10(9)2)12-7-14-15(17-8-12)18-16(19)11(3)20-14/h4-8,11H,1-3H3,(H,17,18,19). The molecular weight excluding hydrogens is 252 g/mol. The van der Waals surface area contributed by atoms with Crippen LogP contribution in [0.15, 0.2) is 30.5 Å². The zero-order chi connectivity index (χ0) is 14.3. The summed E-state index contributed by atoms with van der Waals surface area (Å²) in [5, 5.41) is 2.74. The third-order valence-corrected chi connectivity index (χ3v) is 3.68. The molecule has 1 aliphatic rings. The topological polar surface area (TPSA) is 51.2 Å². The monoisotopic (exact) mass is 268 g/mol.